The van der Waals surface area contributed by atoms with Gasteiger partial charge >= 0.3 is 6.36 Å². The van der Waals surface area contributed by atoms with E-state index in [9.17, 15) is 18.3 Å². The molecule has 0 bridgehead atoms. The molecule has 1 aliphatic heterocycles. The highest BCUT2D eigenvalue weighted by molar-refractivity contribution is 5.43. The van der Waals surface area contributed by atoms with E-state index in [1.54, 1.807) is 18.2 Å². The lowest BCUT2D eigenvalue weighted by molar-refractivity contribution is -0.274. The van der Waals surface area contributed by atoms with E-state index in [0.717, 1.165) is 0 Å². The van der Waals surface area contributed by atoms with Crippen LogP contribution in [0.4, 0.5) is 19.0 Å². The maximum absolute atomic E-state index is 12.4. The molecule has 0 atom stereocenters. The van der Waals surface area contributed by atoms with E-state index in [0.29, 0.717) is 42.9 Å². The highest BCUT2D eigenvalue weighted by Gasteiger charge is 2.36. The van der Waals surface area contributed by atoms with Gasteiger partial charge in [-0.3, -0.25) is 0 Å². The predicted molar refractivity (Wildman–Crippen MR) is 87.4 cm³/mol. The average molecular weight is 363 g/mol. The minimum absolute atomic E-state index is 0.337. The molecule has 0 amide bonds. The maximum Gasteiger partial charge on any atom is 0.573 e. The molecule has 1 aromatic carbocycles. The van der Waals surface area contributed by atoms with Crippen molar-refractivity contribution in [3.8, 4) is 11.8 Å². The third-order valence-corrected chi connectivity index (χ3v) is 4.40. The SMILES string of the molecule is N#Cc1ccc(N2CCC(O)(c3cccc(OC(F)(F)F)c3)CC2)nc1. The number of piperidine rings is 1. The lowest BCUT2D eigenvalue weighted by Gasteiger charge is -2.39. The second kappa shape index (κ2) is 6.84. The van der Waals surface area contributed by atoms with Crippen LogP contribution in [0.5, 0.6) is 5.75 Å². The number of halogens is 3. The minimum atomic E-state index is -4.77. The first-order valence-corrected chi connectivity index (χ1v) is 7.99. The zero-order valence-corrected chi connectivity index (χ0v) is 13.7. The summed E-state index contributed by atoms with van der Waals surface area (Å²) in [4.78, 5) is 6.19. The first kappa shape index (κ1) is 18.0. The lowest BCUT2D eigenvalue weighted by Crippen LogP contribution is -2.43. The number of pyridine rings is 1. The Morgan fingerprint density at radius 2 is 1.92 bits per heavy atom. The Bertz CT molecular complexity index is 808. The smallest absolute Gasteiger partial charge is 0.406 e. The lowest BCUT2D eigenvalue weighted by atomic mass is 9.84. The maximum atomic E-state index is 12.4. The van der Waals surface area contributed by atoms with Crippen LogP contribution in [0.2, 0.25) is 0 Å². The zero-order valence-electron chi connectivity index (χ0n) is 13.7. The van der Waals surface area contributed by atoms with Gasteiger partial charge in [-0.25, -0.2) is 4.98 Å². The molecule has 0 unspecified atom stereocenters. The molecule has 5 nitrogen and oxygen atoms in total. The number of hydrogen-bond acceptors (Lipinski definition) is 5. The van der Waals surface area contributed by atoms with Crippen molar-refractivity contribution in [1.82, 2.24) is 4.98 Å². The van der Waals surface area contributed by atoms with Crippen molar-refractivity contribution in [2.75, 3.05) is 18.0 Å². The second-order valence-corrected chi connectivity index (χ2v) is 6.11. The van der Waals surface area contributed by atoms with Crippen molar-refractivity contribution in [1.29, 1.82) is 5.26 Å². The number of anilines is 1. The summed E-state index contributed by atoms with van der Waals surface area (Å²) in [6.45, 7) is 0.972. The predicted octanol–water partition coefficient (Wildman–Crippen LogP) is 3.34. The van der Waals surface area contributed by atoms with Gasteiger partial charge in [0.25, 0.3) is 0 Å². The normalized spacial score (nSPS) is 16.8. The molecule has 1 N–H and O–H groups in total. The van der Waals surface area contributed by atoms with Gasteiger partial charge in [-0.05, 0) is 42.7 Å². The van der Waals surface area contributed by atoms with E-state index < -0.39 is 12.0 Å². The third kappa shape index (κ3) is 4.06. The van der Waals surface area contributed by atoms with Crippen LogP contribution in [-0.2, 0) is 5.60 Å². The summed E-state index contributed by atoms with van der Waals surface area (Å²) >= 11 is 0. The first-order chi connectivity index (χ1) is 12.3. The zero-order chi connectivity index (χ0) is 18.8. The van der Waals surface area contributed by atoms with Crippen LogP contribution in [0, 0.1) is 11.3 Å². The van der Waals surface area contributed by atoms with Gasteiger partial charge < -0.3 is 14.7 Å². The molecule has 1 aromatic heterocycles. The molecule has 2 aromatic rings. The molecule has 136 valence electrons. The Balaban J connectivity index is 1.71. The van der Waals surface area contributed by atoms with E-state index in [4.69, 9.17) is 5.26 Å². The molecule has 0 saturated carbocycles. The molecule has 0 aliphatic carbocycles. The Morgan fingerprint density at radius 1 is 1.19 bits per heavy atom. The molecule has 1 aliphatic rings. The summed E-state index contributed by atoms with van der Waals surface area (Å²) in [7, 11) is 0. The van der Waals surface area contributed by atoms with Gasteiger partial charge in [0, 0.05) is 19.3 Å². The number of aliphatic hydroxyl groups is 1. The molecule has 1 saturated heterocycles. The third-order valence-electron chi connectivity index (χ3n) is 4.40. The number of nitrogens with zero attached hydrogens (tertiary/aromatic N) is 3. The Kier molecular flexibility index (Phi) is 4.74. The molecular formula is C18H16F3N3O2. The van der Waals surface area contributed by atoms with Crippen molar-refractivity contribution < 1.29 is 23.0 Å². The molecule has 8 heteroatoms. The number of nitriles is 1. The van der Waals surface area contributed by atoms with Crippen LogP contribution in [0.15, 0.2) is 42.6 Å². The van der Waals surface area contributed by atoms with Crippen molar-refractivity contribution >= 4 is 5.82 Å². The van der Waals surface area contributed by atoms with E-state index >= 15 is 0 Å². The molecule has 26 heavy (non-hydrogen) atoms. The molecule has 0 radical (unpaired) electrons. The largest absolute Gasteiger partial charge is 0.573 e. The van der Waals surface area contributed by atoms with Gasteiger partial charge in [-0.15, -0.1) is 13.2 Å². The molecular weight excluding hydrogens is 347 g/mol. The van der Waals surface area contributed by atoms with Crippen LogP contribution < -0.4 is 9.64 Å². The minimum Gasteiger partial charge on any atom is -0.406 e. The van der Waals surface area contributed by atoms with E-state index in [1.165, 1.54) is 24.4 Å². The summed E-state index contributed by atoms with van der Waals surface area (Å²) in [6.07, 6.45) is -2.62. The van der Waals surface area contributed by atoms with E-state index in [1.807, 2.05) is 11.0 Å². The van der Waals surface area contributed by atoms with Gasteiger partial charge in [0.2, 0.25) is 0 Å². The molecule has 3 rings (SSSR count). The van der Waals surface area contributed by atoms with E-state index in [2.05, 4.69) is 9.72 Å². The van der Waals surface area contributed by atoms with Crippen LogP contribution in [-0.4, -0.2) is 29.5 Å². The quantitative estimate of drug-likeness (QED) is 0.906. The van der Waals surface area contributed by atoms with Gasteiger partial charge in [0.1, 0.15) is 17.6 Å². The Hall–Kier alpha value is -2.79. The first-order valence-electron chi connectivity index (χ1n) is 7.99. The topological polar surface area (TPSA) is 69.4 Å². The Labute approximate surface area is 148 Å². The molecule has 2 heterocycles. The number of rotatable bonds is 3. The summed E-state index contributed by atoms with van der Waals surface area (Å²) < 4.78 is 41.1. The van der Waals surface area contributed by atoms with Gasteiger partial charge in [-0.2, -0.15) is 5.26 Å². The summed E-state index contributed by atoms with van der Waals surface area (Å²) in [6, 6.07) is 10.9. The number of ether oxygens (including phenoxy) is 1. The highest BCUT2D eigenvalue weighted by Crippen LogP contribution is 2.36. The van der Waals surface area contributed by atoms with Crippen molar-refractivity contribution in [2.24, 2.45) is 0 Å². The number of benzene rings is 1. The standard InChI is InChI=1S/C18H16F3N3O2/c19-18(20,21)26-15-3-1-2-14(10-15)17(25)6-8-24(9-7-17)16-5-4-13(11-22)12-23-16/h1-5,10,12,25H,6-9H2. The van der Waals surface area contributed by atoms with Crippen LogP contribution in [0.25, 0.3) is 0 Å². The number of hydrogen-bond donors (Lipinski definition) is 1. The molecule has 1 fully saturated rings. The second-order valence-electron chi connectivity index (χ2n) is 6.11. The molecule has 0 spiro atoms. The van der Waals surface area contributed by atoms with Gasteiger partial charge in [0.05, 0.1) is 11.2 Å². The van der Waals surface area contributed by atoms with Crippen LogP contribution in [0.3, 0.4) is 0 Å². The fourth-order valence-electron chi connectivity index (χ4n) is 3.02. The highest BCUT2D eigenvalue weighted by atomic mass is 19.4. The van der Waals surface area contributed by atoms with Gasteiger partial charge in [-0.1, -0.05) is 12.1 Å². The van der Waals surface area contributed by atoms with Gasteiger partial charge in [0.15, 0.2) is 0 Å². The monoisotopic (exact) mass is 363 g/mol. The fraction of sp³-hybridized carbons (Fsp3) is 0.333. The van der Waals surface area contributed by atoms with Crippen LogP contribution >= 0.6 is 0 Å². The van der Waals surface area contributed by atoms with Crippen molar-refractivity contribution in [3.05, 3.63) is 53.7 Å². The average Bonchev–Trinajstić information content (AvgIpc) is 2.61. The van der Waals surface area contributed by atoms with Crippen molar-refractivity contribution in [3.63, 3.8) is 0 Å². The summed E-state index contributed by atoms with van der Waals surface area (Å²) in [5.74, 6) is 0.347. The summed E-state index contributed by atoms with van der Waals surface area (Å²) in [5.41, 5.74) is -0.371. The Morgan fingerprint density at radius 3 is 2.50 bits per heavy atom. The fourth-order valence-corrected chi connectivity index (χ4v) is 3.02. The number of alkyl halides is 3. The summed E-state index contributed by atoms with van der Waals surface area (Å²) in [5, 5.41) is 19.7. The van der Waals surface area contributed by atoms with Crippen molar-refractivity contribution in [2.45, 2.75) is 24.8 Å². The number of aromatic nitrogens is 1. The van der Waals surface area contributed by atoms with E-state index in [-0.39, 0.29) is 5.75 Å². The van der Waals surface area contributed by atoms with Crippen LogP contribution in [0.1, 0.15) is 24.0 Å².